The van der Waals surface area contributed by atoms with Crippen molar-refractivity contribution in [1.29, 1.82) is 0 Å². The molecule has 1 saturated carbocycles. The fourth-order valence-electron chi connectivity index (χ4n) is 2.74. The zero-order chi connectivity index (χ0) is 10.9. The van der Waals surface area contributed by atoms with Gasteiger partial charge in [0.25, 0.3) is 0 Å². The summed E-state index contributed by atoms with van der Waals surface area (Å²) in [6, 6.07) is 0. The van der Waals surface area contributed by atoms with Gasteiger partial charge in [-0.05, 0) is 38.3 Å². The van der Waals surface area contributed by atoms with Gasteiger partial charge < -0.3 is 5.32 Å². The van der Waals surface area contributed by atoms with Crippen molar-refractivity contribution in [2.75, 3.05) is 13.6 Å². The number of rotatable bonds is 9. The first-order valence-corrected chi connectivity index (χ1v) is 7.03. The number of nitrogens with one attached hydrogen (secondary N) is 1. The van der Waals surface area contributed by atoms with E-state index < -0.39 is 0 Å². The Morgan fingerprint density at radius 3 is 2.20 bits per heavy atom. The Kier molecular flexibility index (Phi) is 7.08. The van der Waals surface area contributed by atoms with Crippen LogP contribution in [0.1, 0.15) is 64.7 Å². The first-order chi connectivity index (χ1) is 7.38. The van der Waals surface area contributed by atoms with E-state index in [9.17, 15) is 0 Å². The Hall–Kier alpha value is -0.0400. The van der Waals surface area contributed by atoms with Crippen LogP contribution in [0.25, 0.3) is 0 Å². The number of hydrogen-bond donors (Lipinski definition) is 1. The molecule has 1 aliphatic carbocycles. The number of unbranched alkanes of at least 4 members (excludes halogenated alkanes) is 5. The second-order valence-corrected chi connectivity index (χ2v) is 5.21. The fourth-order valence-corrected chi connectivity index (χ4v) is 2.74. The van der Waals surface area contributed by atoms with Crippen LogP contribution in [0.5, 0.6) is 0 Å². The molecule has 0 spiro atoms. The Balaban J connectivity index is 1.87. The van der Waals surface area contributed by atoms with Crippen molar-refractivity contribution in [2.24, 2.45) is 11.8 Å². The first kappa shape index (κ1) is 13.0. The predicted octanol–water partition coefficient (Wildman–Crippen LogP) is 3.98. The summed E-state index contributed by atoms with van der Waals surface area (Å²) < 4.78 is 0. The van der Waals surface area contributed by atoms with E-state index in [4.69, 9.17) is 0 Å². The summed E-state index contributed by atoms with van der Waals surface area (Å²) in [6.07, 6.45) is 13.2. The zero-order valence-corrected chi connectivity index (χ0v) is 10.7. The Morgan fingerprint density at radius 2 is 1.60 bits per heavy atom. The van der Waals surface area contributed by atoms with Crippen LogP contribution in [0.4, 0.5) is 0 Å². The third kappa shape index (κ3) is 5.01. The van der Waals surface area contributed by atoms with E-state index in [1.165, 1.54) is 64.3 Å². The minimum absolute atomic E-state index is 1.01. The molecule has 2 unspecified atom stereocenters. The van der Waals surface area contributed by atoms with Gasteiger partial charge in [0.15, 0.2) is 0 Å². The van der Waals surface area contributed by atoms with Crippen molar-refractivity contribution in [2.45, 2.75) is 64.7 Å². The van der Waals surface area contributed by atoms with Gasteiger partial charge in [-0.25, -0.2) is 0 Å². The van der Waals surface area contributed by atoms with Gasteiger partial charge in [-0.2, -0.15) is 0 Å². The molecule has 1 fully saturated rings. The Labute approximate surface area is 96.0 Å². The third-order valence-corrected chi connectivity index (χ3v) is 3.97. The lowest BCUT2D eigenvalue weighted by molar-refractivity contribution is 0.159. The van der Waals surface area contributed by atoms with Gasteiger partial charge >= 0.3 is 0 Å². The fraction of sp³-hybridized carbons (Fsp3) is 1.00. The highest BCUT2D eigenvalue weighted by Gasteiger charge is 2.28. The van der Waals surface area contributed by atoms with Crippen molar-refractivity contribution in [3.05, 3.63) is 0 Å². The zero-order valence-electron chi connectivity index (χ0n) is 10.7. The highest BCUT2D eigenvalue weighted by Crippen LogP contribution is 2.37. The van der Waals surface area contributed by atoms with Crippen LogP contribution in [0.2, 0.25) is 0 Å². The smallest absolute Gasteiger partial charge is 0.00209 e. The van der Waals surface area contributed by atoms with Gasteiger partial charge in [0.1, 0.15) is 0 Å². The number of hydrogen-bond acceptors (Lipinski definition) is 1. The molecule has 1 nitrogen and oxygen atoms in total. The molecule has 2 atom stereocenters. The molecular weight excluding hydrogens is 182 g/mol. The maximum atomic E-state index is 3.32. The molecule has 0 amide bonds. The lowest BCUT2D eigenvalue weighted by Gasteiger charge is -2.36. The van der Waals surface area contributed by atoms with Crippen LogP contribution >= 0.6 is 0 Å². The van der Waals surface area contributed by atoms with Crippen molar-refractivity contribution in [3.8, 4) is 0 Å². The van der Waals surface area contributed by atoms with Gasteiger partial charge in [-0.15, -0.1) is 0 Å². The van der Waals surface area contributed by atoms with Crippen LogP contribution < -0.4 is 5.32 Å². The molecule has 0 aromatic carbocycles. The standard InChI is InChI=1S/C14H29N/c1-3-4-5-6-7-8-9-13-10-11-14(13)12-15-2/h13-15H,3-12H2,1-2H3. The summed E-state index contributed by atoms with van der Waals surface area (Å²) in [7, 11) is 2.08. The summed E-state index contributed by atoms with van der Waals surface area (Å²) >= 11 is 0. The maximum absolute atomic E-state index is 3.32. The van der Waals surface area contributed by atoms with E-state index >= 15 is 0 Å². The minimum Gasteiger partial charge on any atom is -0.319 e. The Morgan fingerprint density at radius 1 is 0.933 bits per heavy atom. The van der Waals surface area contributed by atoms with Crippen LogP contribution in [-0.4, -0.2) is 13.6 Å². The molecule has 0 saturated heterocycles. The highest BCUT2D eigenvalue weighted by molar-refractivity contribution is 4.81. The molecular formula is C14H29N. The molecule has 0 aliphatic heterocycles. The molecule has 1 N–H and O–H groups in total. The van der Waals surface area contributed by atoms with Crippen molar-refractivity contribution < 1.29 is 0 Å². The summed E-state index contributed by atoms with van der Waals surface area (Å²) in [4.78, 5) is 0. The molecule has 15 heavy (non-hydrogen) atoms. The topological polar surface area (TPSA) is 12.0 Å². The van der Waals surface area contributed by atoms with Crippen LogP contribution in [0.15, 0.2) is 0 Å². The molecule has 1 heteroatoms. The second kappa shape index (κ2) is 8.15. The lowest BCUT2D eigenvalue weighted by Crippen LogP contribution is -2.33. The summed E-state index contributed by atoms with van der Waals surface area (Å²) in [5, 5.41) is 3.32. The second-order valence-electron chi connectivity index (χ2n) is 5.21. The lowest BCUT2D eigenvalue weighted by atomic mass is 9.71. The molecule has 90 valence electrons. The van der Waals surface area contributed by atoms with E-state index in [2.05, 4.69) is 19.3 Å². The molecule has 0 bridgehead atoms. The maximum Gasteiger partial charge on any atom is -0.00209 e. The first-order valence-electron chi connectivity index (χ1n) is 7.03. The molecule has 0 heterocycles. The highest BCUT2D eigenvalue weighted by atomic mass is 14.8. The van der Waals surface area contributed by atoms with E-state index in [1.807, 2.05) is 0 Å². The molecule has 0 aromatic heterocycles. The SMILES string of the molecule is CCCCCCCCC1CCC1CNC. The van der Waals surface area contributed by atoms with E-state index in [0.29, 0.717) is 0 Å². The van der Waals surface area contributed by atoms with Crippen LogP contribution in [0, 0.1) is 11.8 Å². The van der Waals surface area contributed by atoms with E-state index in [1.54, 1.807) is 0 Å². The van der Waals surface area contributed by atoms with Crippen LogP contribution in [-0.2, 0) is 0 Å². The predicted molar refractivity (Wildman–Crippen MR) is 68.1 cm³/mol. The molecule has 0 radical (unpaired) electrons. The average Bonchev–Trinajstić information content (AvgIpc) is 2.23. The quantitative estimate of drug-likeness (QED) is 0.569. The summed E-state index contributed by atoms with van der Waals surface area (Å²) in [5.41, 5.74) is 0. The molecule has 1 aliphatic rings. The van der Waals surface area contributed by atoms with Crippen molar-refractivity contribution in [3.63, 3.8) is 0 Å². The Bertz CT molecular complexity index is 144. The van der Waals surface area contributed by atoms with Gasteiger partial charge in [0, 0.05) is 0 Å². The van der Waals surface area contributed by atoms with E-state index in [0.717, 1.165) is 11.8 Å². The minimum atomic E-state index is 1.01. The third-order valence-electron chi connectivity index (χ3n) is 3.97. The van der Waals surface area contributed by atoms with E-state index in [-0.39, 0.29) is 0 Å². The summed E-state index contributed by atoms with van der Waals surface area (Å²) in [6.45, 7) is 3.54. The largest absolute Gasteiger partial charge is 0.319 e. The molecule has 1 rings (SSSR count). The molecule has 0 aromatic rings. The van der Waals surface area contributed by atoms with Crippen molar-refractivity contribution >= 4 is 0 Å². The normalized spacial score (nSPS) is 25.2. The average molecular weight is 211 g/mol. The van der Waals surface area contributed by atoms with Gasteiger partial charge in [0.2, 0.25) is 0 Å². The van der Waals surface area contributed by atoms with Gasteiger partial charge in [0.05, 0.1) is 0 Å². The van der Waals surface area contributed by atoms with Gasteiger partial charge in [-0.3, -0.25) is 0 Å². The van der Waals surface area contributed by atoms with Gasteiger partial charge in [-0.1, -0.05) is 51.9 Å². The van der Waals surface area contributed by atoms with Crippen molar-refractivity contribution in [1.82, 2.24) is 5.32 Å². The summed E-state index contributed by atoms with van der Waals surface area (Å²) in [5.74, 6) is 2.06. The van der Waals surface area contributed by atoms with Crippen LogP contribution in [0.3, 0.4) is 0 Å². The monoisotopic (exact) mass is 211 g/mol.